The lowest BCUT2D eigenvalue weighted by atomic mass is 10.2. The van der Waals surface area contributed by atoms with Crippen molar-refractivity contribution in [3.05, 3.63) is 59.2 Å². The second-order valence-corrected chi connectivity index (χ2v) is 6.32. The van der Waals surface area contributed by atoms with Crippen molar-refractivity contribution in [1.82, 2.24) is 15.1 Å². The van der Waals surface area contributed by atoms with Crippen LogP contribution >= 0.6 is 11.6 Å². The standard InChI is InChI=1S/C18H18ClN3O/c19-15-3-1-13(2-4-15)12-22-18-6-5-16(9-14(18)10-21-22)23-17-7-8-20-11-17/h1-6,9-10,17,20H,7-8,11-12H2/t17-/m0/s1. The molecule has 1 aliphatic rings. The predicted molar refractivity (Wildman–Crippen MR) is 92.2 cm³/mol. The summed E-state index contributed by atoms with van der Waals surface area (Å²) in [5.41, 5.74) is 2.29. The third kappa shape index (κ3) is 3.19. The molecule has 0 radical (unpaired) electrons. The average Bonchev–Trinajstić information content (AvgIpc) is 3.20. The fourth-order valence-electron chi connectivity index (χ4n) is 2.95. The van der Waals surface area contributed by atoms with E-state index in [0.717, 1.165) is 47.7 Å². The zero-order chi connectivity index (χ0) is 15.6. The molecule has 1 saturated heterocycles. The van der Waals surface area contributed by atoms with Gasteiger partial charge in [0.2, 0.25) is 0 Å². The smallest absolute Gasteiger partial charge is 0.120 e. The molecule has 2 heterocycles. The van der Waals surface area contributed by atoms with E-state index < -0.39 is 0 Å². The summed E-state index contributed by atoms with van der Waals surface area (Å²) in [4.78, 5) is 0. The first kappa shape index (κ1) is 14.5. The van der Waals surface area contributed by atoms with Gasteiger partial charge in [-0.05, 0) is 48.9 Å². The van der Waals surface area contributed by atoms with Crippen LogP contribution in [0.3, 0.4) is 0 Å². The Morgan fingerprint density at radius 2 is 2.09 bits per heavy atom. The molecule has 0 aliphatic carbocycles. The van der Waals surface area contributed by atoms with Gasteiger partial charge < -0.3 is 10.1 Å². The van der Waals surface area contributed by atoms with Crippen LogP contribution in [0.25, 0.3) is 10.9 Å². The average molecular weight is 328 g/mol. The van der Waals surface area contributed by atoms with Crippen molar-refractivity contribution >= 4 is 22.5 Å². The first-order valence-corrected chi connectivity index (χ1v) is 8.23. The van der Waals surface area contributed by atoms with Crippen LogP contribution in [0.5, 0.6) is 5.75 Å². The van der Waals surface area contributed by atoms with Crippen LogP contribution in [0.1, 0.15) is 12.0 Å². The maximum Gasteiger partial charge on any atom is 0.120 e. The molecule has 3 aromatic rings. The lowest BCUT2D eigenvalue weighted by Gasteiger charge is -2.12. The first-order valence-electron chi connectivity index (χ1n) is 7.85. The van der Waals surface area contributed by atoms with E-state index in [2.05, 4.69) is 22.5 Å². The molecule has 118 valence electrons. The zero-order valence-electron chi connectivity index (χ0n) is 12.7. The molecule has 2 aromatic carbocycles. The van der Waals surface area contributed by atoms with Gasteiger partial charge in [-0.3, -0.25) is 4.68 Å². The van der Waals surface area contributed by atoms with E-state index in [-0.39, 0.29) is 6.10 Å². The number of halogens is 1. The van der Waals surface area contributed by atoms with Gasteiger partial charge in [-0.15, -0.1) is 0 Å². The summed E-state index contributed by atoms with van der Waals surface area (Å²) in [6.07, 6.45) is 3.23. The Morgan fingerprint density at radius 3 is 2.87 bits per heavy atom. The summed E-state index contributed by atoms with van der Waals surface area (Å²) in [5, 5.41) is 9.67. The van der Waals surface area contributed by atoms with Crippen LogP contribution in [-0.4, -0.2) is 29.0 Å². The number of aromatic nitrogens is 2. The number of fused-ring (bicyclic) bond motifs is 1. The summed E-state index contributed by atoms with van der Waals surface area (Å²) in [6.45, 7) is 2.69. The van der Waals surface area contributed by atoms with Crippen LogP contribution in [0, 0.1) is 0 Å². The Balaban J connectivity index is 1.55. The molecule has 5 heteroatoms. The van der Waals surface area contributed by atoms with Crippen molar-refractivity contribution in [1.29, 1.82) is 0 Å². The number of ether oxygens (including phenoxy) is 1. The Morgan fingerprint density at radius 1 is 1.22 bits per heavy atom. The number of rotatable bonds is 4. The molecule has 0 saturated carbocycles. The van der Waals surface area contributed by atoms with E-state index in [9.17, 15) is 0 Å². The largest absolute Gasteiger partial charge is 0.489 e. The lowest BCUT2D eigenvalue weighted by Crippen LogP contribution is -2.19. The van der Waals surface area contributed by atoms with Crippen LogP contribution in [0.2, 0.25) is 5.02 Å². The highest BCUT2D eigenvalue weighted by Gasteiger charge is 2.16. The number of nitrogens with zero attached hydrogens (tertiary/aromatic N) is 2. The van der Waals surface area contributed by atoms with E-state index in [0.29, 0.717) is 0 Å². The Bertz CT molecular complexity index is 807. The van der Waals surface area contributed by atoms with Gasteiger partial charge in [-0.1, -0.05) is 23.7 Å². The molecule has 23 heavy (non-hydrogen) atoms. The second kappa shape index (κ2) is 6.22. The van der Waals surface area contributed by atoms with Crippen LogP contribution in [0.4, 0.5) is 0 Å². The van der Waals surface area contributed by atoms with Crippen molar-refractivity contribution in [2.24, 2.45) is 0 Å². The summed E-state index contributed by atoms with van der Waals surface area (Å²) in [7, 11) is 0. The monoisotopic (exact) mass is 327 g/mol. The molecular formula is C18H18ClN3O. The molecular weight excluding hydrogens is 310 g/mol. The zero-order valence-corrected chi connectivity index (χ0v) is 13.5. The molecule has 0 spiro atoms. The highest BCUT2D eigenvalue weighted by atomic mass is 35.5. The Labute approximate surface area is 140 Å². The highest BCUT2D eigenvalue weighted by molar-refractivity contribution is 6.30. The summed E-state index contributed by atoms with van der Waals surface area (Å²) in [6, 6.07) is 14.0. The Kier molecular flexibility index (Phi) is 3.93. The van der Waals surface area contributed by atoms with Crippen molar-refractivity contribution in [2.75, 3.05) is 13.1 Å². The summed E-state index contributed by atoms with van der Waals surface area (Å²) >= 11 is 5.94. The van der Waals surface area contributed by atoms with Crippen molar-refractivity contribution < 1.29 is 4.74 Å². The van der Waals surface area contributed by atoms with Crippen molar-refractivity contribution in [3.63, 3.8) is 0 Å². The van der Waals surface area contributed by atoms with Gasteiger partial charge in [0.05, 0.1) is 18.3 Å². The molecule has 0 unspecified atom stereocenters. The van der Waals surface area contributed by atoms with Gasteiger partial charge >= 0.3 is 0 Å². The summed E-state index contributed by atoms with van der Waals surface area (Å²) < 4.78 is 8.01. The predicted octanol–water partition coefficient (Wildman–Crippen LogP) is 3.48. The molecule has 1 atom stereocenters. The molecule has 1 fully saturated rings. The van der Waals surface area contributed by atoms with Gasteiger partial charge in [0.25, 0.3) is 0 Å². The van der Waals surface area contributed by atoms with Gasteiger partial charge in [0, 0.05) is 17.0 Å². The van der Waals surface area contributed by atoms with Gasteiger partial charge in [-0.2, -0.15) is 5.10 Å². The minimum atomic E-state index is 0.275. The molecule has 1 aromatic heterocycles. The normalized spacial score (nSPS) is 17.7. The molecule has 0 bridgehead atoms. The maximum absolute atomic E-state index is 6.01. The molecule has 0 amide bonds. The van der Waals surface area contributed by atoms with E-state index >= 15 is 0 Å². The number of benzene rings is 2. The quantitative estimate of drug-likeness (QED) is 0.797. The van der Waals surface area contributed by atoms with E-state index in [1.807, 2.05) is 41.2 Å². The molecule has 4 rings (SSSR count). The molecule has 1 aliphatic heterocycles. The third-order valence-corrected chi connectivity index (χ3v) is 4.43. The number of hydrogen-bond donors (Lipinski definition) is 1. The number of nitrogens with one attached hydrogen (secondary N) is 1. The van der Waals surface area contributed by atoms with Crippen LogP contribution in [0.15, 0.2) is 48.7 Å². The molecule has 4 nitrogen and oxygen atoms in total. The highest BCUT2D eigenvalue weighted by Crippen LogP contribution is 2.23. The van der Waals surface area contributed by atoms with E-state index in [1.54, 1.807) is 0 Å². The van der Waals surface area contributed by atoms with Crippen LogP contribution < -0.4 is 10.1 Å². The van der Waals surface area contributed by atoms with Gasteiger partial charge in [0.15, 0.2) is 0 Å². The van der Waals surface area contributed by atoms with E-state index in [1.165, 1.54) is 5.56 Å². The lowest BCUT2D eigenvalue weighted by molar-refractivity contribution is 0.223. The van der Waals surface area contributed by atoms with Gasteiger partial charge in [-0.25, -0.2) is 0 Å². The molecule has 1 N–H and O–H groups in total. The van der Waals surface area contributed by atoms with Crippen molar-refractivity contribution in [2.45, 2.75) is 19.1 Å². The minimum Gasteiger partial charge on any atom is -0.489 e. The van der Waals surface area contributed by atoms with Gasteiger partial charge in [0.1, 0.15) is 11.9 Å². The number of hydrogen-bond acceptors (Lipinski definition) is 3. The third-order valence-electron chi connectivity index (χ3n) is 4.18. The van der Waals surface area contributed by atoms with Crippen molar-refractivity contribution in [3.8, 4) is 5.75 Å². The maximum atomic E-state index is 6.01. The first-order chi connectivity index (χ1) is 11.3. The fraction of sp³-hybridized carbons (Fsp3) is 0.278. The topological polar surface area (TPSA) is 39.1 Å². The SMILES string of the molecule is Clc1ccc(Cn2ncc3cc(O[C@H]4CCNC4)ccc32)cc1. The minimum absolute atomic E-state index is 0.275. The fourth-order valence-corrected chi connectivity index (χ4v) is 3.07. The van der Waals surface area contributed by atoms with E-state index in [4.69, 9.17) is 16.3 Å². The summed E-state index contributed by atoms with van der Waals surface area (Å²) in [5.74, 6) is 0.914. The Hall–Kier alpha value is -2.04. The second-order valence-electron chi connectivity index (χ2n) is 5.88. The van der Waals surface area contributed by atoms with Crippen LogP contribution in [-0.2, 0) is 6.54 Å².